The molecule has 4 heteroatoms. The van der Waals surface area contributed by atoms with Crippen LogP contribution in [0.2, 0.25) is 0 Å². The van der Waals surface area contributed by atoms with Crippen molar-refractivity contribution in [3.63, 3.8) is 0 Å². The first-order valence-electron chi connectivity index (χ1n) is 8.20. The first-order chi connectivity index (χ1) is 11.9. The lowest BCUT2D eigenvalue weighted by Crippen LogP contribution is -2.12. The maximum absolute atomic E-state index is 12.0. The van der Waals surface area contributed by atoms with Crippen LogP contribution in [0.4, 0.5) is 5.69 Å². The van der Waals surface area contributed by atoms with Crippen LogP contribution in [0.25, 0.3) is 6.08 Å². The highest BCUT2D eigenvalue weighted by Gasteiger charge is 2.12. The molecule has 132 valence electrons. The minimum Gasteiger partial charge on any atom is -0.468 e. The molecule has 1 N–H and O–H groups in total. The molecule has 4 nitrogen and oxygen atoms in total. The summed E-state index contributed by atoms with van der Waals surface area (Å²) in [7, 11) is 1.58. The van der Waals surface area contributed by atoms with E-state index in [0.717, 1.165) is 17.0 Å². The van der Waals surface area contributed by atoms with Gasteiger partial charge in [-0.05, 0) is 46.9 Å². The van der Waals surface area contributed by atoms with E-state index in [1.54, 1.807) is 13.2 Å². The van der Waals surface area contributed by atoms with Crippen molar-refractivity contribution in [2.75, 3.05) is 19.2 Å². The van der Waals surface area contributed by atoms with Crippen LogP contribution in [0, 0.1) is 0 Å². The second-order valence-electron chi connectivity index (χ2n) is 6.77. The maximum atomic E-state index is 12.0. The van der Waals surface area contributed by atoms with Crippen LogP contribution in [0.5, 0.6) is 5.75 Å². The summed E-state index contributed by atoms with van der Waals surface area (Å²) in [5, 5.41) is 2.86. The standard InChI is InChI=1S/C21H25NO3/c1-21(2,3)17-8-10-18(11-9-17)22-20(23)14-7-16-5-12-19(13-6-16)25-15-24-4/h5-14H,15H2,1-4H3,(H,22,23)/b14-7+. The second kappa shape index (κ2) is 8.49. The Balaban J connectivity index is 1.92. The van der Waals surface area contributed by atoms with Gasteiger partial charge in [0.15, 0.2) is 6.79 Å². The van der Waals surface area contributed by atoms with E-state index < -0.39 is 0 Å². The summed E-state index contributed by atoms with van der Waals surface area (Å²) in [5.74, 6) is 0.561. The lowest BCUT2D eigenvalue weighted by Gasteiger charge is -2.19. The molecule has 25 heavy (non-hydrogen) atoms. The molecule has 0 fully saturated rings. The Morgan fingerprint density at radius 2 is 1.68 bits per heavy atom. The van der Waals surface area contributed by atoms with Gasteiger partial charge in [-0.1, -0.05) is 45.0 Å². The van der Waals surface area contributed by atoms with Gasteiger partial charge >= 0.3 is 0 Å². The normalized spacial score (nSPS) is 11.5. The van der Waals surface area contributed by atoms with Crippen LogP contribution in [0.3, 0.4) is 0 Å². The fourth-order valence-electron chi connectivity index (χ4n) is 2.21. The van der Waals surface area contributed by atoms with Crippen LogP contribution < -0.4 is 10.1 Å². The third kappa shape index (κ3) is 6.08. The molecule has 0 aliphatic rings. The molecule has 0 bridgehead atoms. The van der Waals surface area contributed by atoms with E-state index in [1.165, 1.54) is 11.6 Å². The molecule has 0 unspecified atom stereocenters. The van der Waals surface area contributed by atoms with E-state index in [1.807, 2.05) is 48.5 Å². The fraction of sp³-hybridized carbons (Fsp3) is 0.286. The Labute approximate surface area is 149 Å². The van der Waals surface area contributed by atoms with Gasteiger partial charge in [0.05, 0.1) is 0 Å². The Morgan fingerprint density at radius 1 is 1.04 bits per heavy atom. The average Bonchev–Trinajstić information content (AvgIpc) is 2.59. The lowest BCUT2D eigenvalue weighted by atomic mass is 9.87. The van der Waals surface area contributed by atoms with Gasteiger partial charge in [-0.25, -0.2) is 0 Å². The van der Waals surface area contributed by atoms with Gasteiger partial charge in [0.25, 0.3) is 0 Å². The summed E-state index contributed by atoms with van der Waals surface area (Å²) in [6.45, 7) is 6.70. The number of hydrogen-bond donors (Lipinski definition) is 1. The van der Waals surface area contributed by atoms with Gasteiger partial charge in [-0.2, -0.15) is 0 Å². The quantitative estimate of drug-likeness (QED) is 0.617. The number of methoxy groups -OCH3 is 1. The van der Waals surface area contributed by atoms with Crippen molar-refractivity contribution >= 4 is 17.7 Å². The van der Waals surface area contributed by atoms with Crippen LogP contribution in [0.15, 0.2) is 54.6 Å². The van der Waals surface area contributed by atoms with Crippen LogP contribution >= 0.6 is 0 Å². The lowest BCUT2D eigenvalue weighted by molar-refractivity contribution is -0.111. The first-order valence-corrected chi connectivity index (χ1v) is 8.20. The summed E-state index contributed by atoms with van der Waals surface area (Å²) >= 11 is 0. The summed E-state index contributed by atoms with van der Waals surface area (Å²) in [4.78, 5) is 12.0. The molecule has 0 saturated heterocycles. The molecule has 0 saturated carbocycles. The third-order valence-corrected chi connectivity index (χ3v) is 3.67. The second-order valence-corrected chi connectivity index (χ2v) is 6.77. The van der Waals surface area contributed by atoms with Gasteiger partial charge in [-0.3, -0.25) is 4.79 Å². The first kappa shape index (κ1) is 18.7. The van der Waals surface area contributed by atoms with Gasteiger partial charge in [0, 0.05) is 18.9 Å². The van der Waals surface area contributed by atoms with Crippen molar-refractivity contribution in [1.29, 1.82) is 0 Å². The number of hydrogen-bond acceptors (Lipinski definition) is 3. The Kier molecular flexibility index (Phi) is 6.37. The average molecular weight is 339 g/mol. The van der Waals surface area contributed by atoms with Crippen molar-refractivity contribution in [3.05, 3.63) is 65.7 Å². The maximum Gasteiger partial charge on any atom is 0.248 e. The summed E-state index contributed by atoms with van der Waals surface area (Å²) in [5.41, 5.74) is 3.03. The Hall–Kier alpha value is -2.59. The van der Waals surface area contributed by atoms with E-state index in [9.17, 15) is 4.79 Å². The van der Waals surface area contributed by atoms with E-state index in [4.69, 9.17) is 9.47 Å². The highest BCUT2D eigenvalue weighted by atomic mass is 16.7. The molecule has 0 heterocycles. The highest BCUT2D eigenvalue weighted by Crippen LogP contribution is 2.23. The van der Waals surface area contributed by atoms with Gasteiger partial charge in [0.1, 0.15) is 5.75 Å². The van der Waals surface area contributed by atoms with Crippen molar-refractivity contribution in [3.8, 4) is 5.75 Å². The minimum atomic E-state index is -0.164. The highest BCUT2D eigenvalue weighted by molar-refractivity contribution is 6.01. The van der Waals surface area contributed by atoms with E-state index in [0.29, 0.717) is 0 Å². The molecule has 1 amide bonds. The fourth-order valence-corrected chi connectivity index (χ4v) is 2.21. The van der Waals surface area contributed by atoms with Crippen molar-refractivity contribution < 1.29 is 14.3 Å². The topological polar surface area (TPSA) is 47.6 Å². The van der Waals surface area contributed by atoms with Gasteiger partial charge in [-0.15, -0.1) is 0 Å². The largest absolute Gasteiger partial charge is 0.468 e. The molecule has 2 rings (SSSR count). The summed E-state index contributed by atoms with van der Waals surface area (Å²) < 4.78 is 10.2. The van der Waals surface area contributed by atoms with Crippen molar-refractivity contribution in [2.24, 2.45) is 0 Å². The number of anilines is 1. The van der Waals surface area contributed by atoms with E-state index in [2.05, 4.69) is 26.1 Å². The predicted octanol–water partition coefficient (Wildman–Crippen LogP) is 4.62. The third-order valence-electron chi connectivity index (χ3n) is 3.67. The summed E-state index contributed by atoms with van der Waals surface area (Å²) in [6.07, 6.45) is 3.28. The monoisotopic (exact) mass is 339 g/mol. The predicted molar refractivity (Wildman–Crippen MR) is 102 cm³/mol. The molecule has 0 aliphatic heterocycles. The van der Waals surface area contributed by atoms with Crippen LogP contribution in [-0.4, -0.2) is 19.8 Å². The SMILES string of the molecule is COCOc1ccc(/C=C/C(=O)Nc2ccc(C(C)(C)C)cc2)cc1. The summed E-state index contributed by atoms with van der Waals surface area (Å²) in [6, 6.07) is 15.4. The Bertz CT molecular complexity index is 710. The zero-order valence-corrected chi connectivity index (χ0v) is 15.2. The number of rotatable bonds is 6. The van der Waals surface area contributed by atoms with Crippen LogP contribution in [-0.2, 0) is 14.9 Å². The molecular formula is C21H25NO3. The molecule has 0 radical (unpaired) electrons. The van der Waals surface area contributed by atoms with Crippen molar-refractivity contribution in [2.45, 2.75) is 26.2 Å². The van der Waals surface area contributed by atoms with Crippen LogP contribution in [0.1, 0.15) is 31.9 Å². The van der Waals surface area contributed by atoms with Gasteiger partial charge < -0.3 is 14.8 Å². The number of carbonyl (C=O) groups is 1. The van der Waals surface area contributed by atoms with Gasteiger partial charge in [0.2, 0.25) is 5.91 Å². The Morgan fingerprint density at radius 3 is 2.24 bits per heavy atom. The van der Waals surface area contributed by atoms with Crippen molar-refractivity contribution in [1.82, 2.24) is 0 Å². The molecule has 0 spiro atoms. The van der Waals surface area contributed by atoms with E-state index in [-0.39, 0.29) is 18.1 Å². The number of nitrogens with one attached hydrogen (secondary N) is 1. The molecule has 0 aromatic heterocycles. The molecular weight excluding hydrogens is 314 g/mol. The molecule has 2 aromatic rings. The molecule has 0 aliphatic carbocycles. The molecule has 0 atom stereocenters. The number of carbonyl (C=O) groups excluding carboxylic acids is 1. The zero-order chi connectivity index (χ0) is 18.3. The number of benzene rings is 2. The smallest absolute Gasteiger partial charge is 0.248 e. The number of ether oxygens (including phenoxy) is 2. The number of amides is 1. The minimum absolute atomic E-state index is 0.0988. The zero-order valence-electron chi connectivity index (χ0n) is 15.2. The molecule has 2 aromatic carbocycles. The van der Waals surface area contributed by atoms with E-state index >= 15 is 0 Å².